The number of hydrogen-bond donors (Lipinski definition) is 0. The molecule has 0 aromatic rings. The maximum atomic E-state index is 12.2. The molecule has 0 heterocycles. The summed E-state index contributed by atoms with van der Waals surface area (Å²) in [6.07, 6.45) is 23.4. The molecule has 2 saturated carbocycles. The van der Waals surface area contributed by atoms with Gasteiger partial charge in [0.15, 0.2) is 0 Å². The molecule has 0 N–H and O–H groups in total. The van der Waals surface area contributed by atoms with Gasteiger partial charge in [-0.25, -0.2) is 4.79 Å². The molecule has 2 aliphatic rings. The predicted octanol–water partition coefficient (Wildman–Crippen LogP) is 7.54. The Morgan fingerprint density at radius 2 is 1.32 bits per heavy atom. The summed E-state index contributed by atoms with van der Waals surface area (Å²) < 4.78 is 5.73. The van der Waals surface area contributed by atoms with Crippen LogP contribution in [0.15, 0.2) is 12.2 Å². The first-order chi connectivity index (χ1) is 15.0. The maximum Gasteiger partial charge on any atom is 0.334 e. The van der Waals surface area contributed by atoms with Gasteiger partial charge in [-0.1, -0.05) is 84.1 Å². The van der Waals surface area contributed by atoms with Crippen LogP contribution in [0.4, 0.5) is 0 Å². The molecule has 0 unspecified atom stereocenters. The lowest BCUT2D eigenvalue weighted by atomic mass is 9.70. The quantitative estimate of drug-likeness (QED) is 0.161. The van der Waals surface area contributed by atoms with Crippen LogP contribution in [0.2, 0.25) is 0 Å². The molecule has 2 aliphatic carbocycles. The van der Waals surface area contributed by atoms with Gasteiger partial charge >= 0.3 is 5.97 Å². The number of carbonyl (C=O) groups excluding carboxylic acids is 1. The molecule has 0 atom stereocenters. The normalized spacial score (nSPS) is 26.7. The molecule has 3 heteroatoms. The molecule has 0 bridgehead atoms. The van der Waals surface area contributed by atoms with Crippen LogP contribution in [0.3, 0.4) is 0 Å². The highest BCUT2D eigenvalue weighted by Gasteiger charge is 2.32. The molecule has 0 saturated heterocycles. The minimum atomic E-state index is -0.196. The lowest BCUT2D eigenvalue weighted by Gasteiger charge is -2.37. The van der Waals surface area contributed by atoms with Crippen molar-refractivity contribution in [3.8, 4) is 0 Å². The average molecular weight is 434 g/mol. The number of hydrogen-bond acceptors (Lipinski definition) is 3. The Morgan fingerprint density at radius 1 is 0.806 bits per heavy atom. The fourth-order valence-electron chi connectivity index (χ4n) is 5.87. The van der Waals surface area contributed by atoms with Crippen molar-refractivity contribution in [1.29, 1.82) is 0 Å². The molecule has 0 aromatic heterocycles. The monoisotopic (exact) mass is 433 g/mol. The first-order valence-electron chi connectivity index (χ1n) is 13.5. The smallest absolute Gasteiger partial charge is 0.334 e. The standard InChI is InChI=1S/C28H51NO2/c1-5-6-7-8-9-10-11-12-13-24-14-16-25(17-15-24)26-18-20-27(21-19-26)31-28(30)23(2)22-29(3)4/h24-27H,2,5-22H2,1,3-4H3. The Kier molecular flexibility index (Phi) is 12.9. The maximum absolute atomic E-state index is 12.2. The molecule has 0 radical (unpaired) electrons. The number of ether oxygens (including phenoxy) is 1. The molecule has 0 spiro atoms. The summed E-state index contributed by atoms with van der Waals surface area (Å²) in [6.45, 7) is 6.76. The fraction of sp³-hybridized carbons (Fsp3) is 0.893. The van der Waals surface area contributed by atoms with E-state index in [1.54, 1.807) is 0 Å². The van der Waals surface area contributed by atoms with Crippen LogP contribution in [-0.2, 0) is 9.53 Å². The molecule has 31 heavy (non-hydrogen) atoms. The molecule has 0 aromatic carbocycles. The highest BCUT2D eigenvalue weighted by molar-refractivity contribution is 5.88. The summed E-state index contributed by atoms with van der Waals surface area (Å²) >= 11 is 0. The van der Waals surface area contributed by atoms with E-state index in [0.717, 1.165) is 30.6 Å². The zero-order chi connectivity index (χ0) is 22.5. The number of likely N-dealkylation sites (N-methyl/N-ethyl adjacent to an activating group) is 1. The zero-order valence-corrected chi connectivity index (χ0v) is 21.0. The molecule has 2 fully saturated rings. The highest BCUT2D eigenvalue weighted by atomic mass is 16.5. The molecule has 180 valence electrons. The summed E-state index contributed by atoms with van der Waals surface area (Å²) in [6, 6.07) is 0. The average Bonchev–Trinajstić information content (AvgIpc) is 2.76. The summed E-state index contributed by atoms with van der Waals surface area (Å²) in [4.78, 5) is 14.2. The van der Waals surface area contributed by atoms with Crippen molar-refractivity contribution < 1.29 is 9.53 Å². The highest BCUT2D eigenvalue weighted by Crippen LogP contribution is 2.41. The van der Waals surface area contributed by atoms with E-state index >= 15 is 0 Å². The van der Waals surface area contributed by atoms with Gasteiger partial charge in [0.25, 0.3) is 0 Å². The number of esters is 1. The number of nitrogens with zero attached hydrogens (tertiary/aromatic N) is 1. The summed E-state index contributed by atoms with van der Waals surface area (Å²) in [5.41, 5.74) is 0.571. The predicted molar refractivity (Wildman–Crippen MR) is 132 cm³/mol. The van der Waals surface area contributed by atoms with Crippen LogP contribution in [0.1, 0.15) is 116 Å². The minimum Gasteiger partial charge on any atom is -0.459 e. The Bertz CT molecular complexity index is 499. The second kappa shape index (κ2) is 15.1. The second-order valence-corrected chi connectivity index (χ2v) is 10.8. The van der Waals surface area contributed by atoms with Crippen LogP contribution >= 0.6 is 0 Å². The third-order valence-corrected chi connectivity index (χ3v) is 7.81. The van der Waals surface area contributed by atoms with E-state index in [0.29, 0.717) is 12.1 Å². The van der Waals surface area contributed by atoms with E-state index in [9.17, 15) is 4.79 Å². The van der Waals surface area contributed by atoms with Gasteiger partial charge in [-0.15, -0.1) is 0 Å². The molecule has 0 amide bonds. The van der Waals surface area contributed by atoms with E-state index < -0.39 is 0 Å². The summed E-state index contributed by atoms with van der Waals surface area (Å²) in [5, 5.41) is 0. The lowest BCUT2D eigenvalue weighted by Crippen LogP contribution is -2.31. The third kappa shape index (κ3) is 10.6. The lowest BCUT2D eigenvalue weighted by molar-refractivity contribution is -0.146. The van der Waals surface area contributed by atoms with Crippen molar-refractivity contribution in [3.05, 3.63) is 12.2 Å². The number of unbranched alkanes of at least 4 members (excludes halogenated alkanes) is 7. The zero-order valence-electron chi connectivity index (χ0n) is 21.0. The van der Waals surface area contributed by atoms with Crippen molar-refractivity contribution in [1.82, 2.24) is 4.90 Å². The van der Waals surface area contributed by atoms with Crippen molar-refractivity contribution >= 4 is 5.97 Å². The van der Waals surface area contributed by atoms with Gasteiger partial charge in [-0.3, -0.25) is 0 Å². The Balaban J connectivity index is 1.53. The van der Waals surface area contributed by atoms with Crippen molar-refractivity contribution in [2.75, 3.05) is 20.6 Å². The Morgan fingerprint density at radius 3 is 1.87 bits per heavy atom. The van der Waals surface area contributed by atoms with Crippen molar-refractivity contribution in [2.24, 2.45) is 17.8 Å². The number of rotatable bonds is 14. The van der Waals surface area contributed by atoms with Gasteiger partial charge in [0.1, 0.15) is 6.10 Å². The minimum absolute atomic E-state index is 0.112. The van der Waals surface area contributed by atoms with Crippen molar-refractivity contribution in [3.63, 3.8) is 0 Å². The number of carbonyl (C=O) groups is 1. The summed E-state index contributed by atoms with van der Waals surface area (Å²) in [5.74, 6) is 2.59. The Hall–Kier alpha value is -0.830. The topological polar surface area (TPSA) is 29.5 Å². The molecular weight excluding hydrogens is 382 g/mol. The SMILES string of the molecule is C=C(CN(C)C)C(=O)OC1CCC(C2CCC(CCCCCCCCCC)CC2)CC1. The summed E-state index contributed by atoms with van der Waals surface area (Å²) in [7, 11) is 3.90. The van der Waals surface area contributed by atoms with E-state index in [2.05, 4.69) is 13.5 Å². The van der Waals surface area contributed by atoms with Gasteiger partial charge in [-0.05, 0) is 70.4 Å². The molecular formula is C28H51NO2. The van der Waals surface area contributed by atoms with Crippen LogP contribution in [0, 0.1) is 17.8 Å². The van der Waals surface area contributed by atoms with Crippen LogP contribution in [0.25, 0.3) is 0 Å². The molecule has 2 rings (SSSR count). The van der Waals surface area contributed by atoms with Gasteiger partial charge in [0, 0.05) is 12.1 Å². The van der Waals surface area contributed by atoms with Gasteiger partial charge < -0.3 is 9.64 Å². The fourth-order valence-corrected chi connectivity index (χ4v) is 5.87. The molecule has 0 aliphatic heterocycles. The Labute approximate surface area is 193 Å². The second-order valence-electron chi connectivity index (χ2n) is 10.8. The van der Waals surface area contributed by atoms with E-state index in [1.807, 2.05) is 19.0 Å². The van der Waals surface area contributed by atoms with Crippen LogP contribution in [0.5, 0.6) is 0 Å². The first kappa shape index (κ1) is 26.4. The first-order valence-corrected chi connectivity index (χ1v) is 13.5. The van der Waals surface area contributed by atoms with Crippen LogP contribution in [-0.4, -0.2) is 37.6 Å². The van der Waals surface area contributed by atoms with Gasteiger partial charge in [0.2, 0.25) is 0 Å². The van der Waals surface area contributed by atoms with E-state index in [4.69, 9.17) is 4.74 Å². The molecule has 3 nitrogen and oxygen atoms in total. The third-order valence-electron chi connectivity index (χ3n) is 7.81. The van der Waals surface area contributed by atoms with Gasteiger partial charge in [-0.2, -0.15) is 0 Å². The van der Waals surface area contributed by atoms with Crippen LogP contribution < -0.4 is 0 Å². The van der Waals surface area contributed by atoms with E-state index in [-0.39, 0.29) is 12.1 Å². The largest absolute Gasteiger partial charge is 0.459 e. The van der Waals surface area contributed by atoms with E-state index in [1.165, 1.54) is 96.3 Å². The van der Waals surface area contributed by atoms with Gasteiger partial charge in [0.05, 0.1) is 0 Å². The van der Waals surface area contributed by atoms with Crippen molar-refractivity contribution in [2.45, 2.75) is 122 Å².